The second kappa shape index (κ2) is 4.90. The maximum absolute atomic E-state index is 13.3. The van der Waals surface area contributed by atoms with Crippen LogP contribution in [0, 0.1) is 12.7 Å². The van der Waals surface area contributed by atoms with Crippen molar-refractivity contribution >= 4 is 16.9 Å². The third-order valence-corrected chi connectivity index (χ3v) is 3.78. The van der Waals surface area contributed by atoms with E-state index in [-0.39, 0.29) is 17.5 Å². The van der Waals surface area contributed by atoms with Crippen LogP contribution >= 0.6 is 0 Å². The summed E-state index contributed by atoms with van der Waals surface area (Å²) < 4.78 is 18.8. The van der Waals surface area contributed by atoms with E-state index in [0.29, 0.717) is 36.0 Å². The molecule has 106 valence electrons. The van der Waals surface area contributed by atoms with Gasteiger partial charge in [0.15, 0.2) is 5.76 Å². The zero-order valence-corrected chi connectivity index (χ0v) is 11.2. The lowest BCUT2D eigenvalue weighted by molar-refractivity contribution is 0.0449. The summed E-state index contributed by atoms with van der Waals surface area (Å²) in [4.78, 5) is 14.0. The van der Waals surface area contributed by atoms with Gasteiger partial charge >= 0.3 is 0 Å². The van der Waals surface area contributed by atoms with Crippen LogP contribution in [-0.2, 0) is 0 Å². The fraction of sp³-hybridized carbons (Fsp3) is 0.400. The van der Waals surface area contributed by atoms with Gasteiger partial charge in [-0.3, -0.25) is 4.79 Å². The second-order valence-electron chi connectivity index (χ2n) is 5.24. The van der Waals surface area contributed by atoms with E-state index in [2.05, 4.69) is 0 Å². The molecule has 1 amide bonds. The number of likely N-dealkylation sites (tertiary alicyclic amines) is 1. The van der Waals surface area contributed by atoms with Crippen molar-refractivity contribution in [2.45, 2.75) is 25.9 Å². The Morgan fingerprint density at radius 1 is 1.50 bits per heavy atom. The zero-order valence-electron chi connectivity index (χ0n) is 11.2. The van der Waals surface area contributed by atoms with Crippen LogP contribution in [0.1, 0.15) is 29.0 Å². The predicted molar refractivity (Wildman–Crippen MR) is 72.1 cm³/mol. The Labute approximate surface area is 115 Å². The van der Waals surface area contributed by atoms with Gasteiger partial charge in [0.05, 0.1) is 6.10 Å². The van der Waals surface area contributed by atoms with Gasteiger partial charge in [0, 0.05) is 24.0 Å². The molecule has 0 radical (unpaired) electrons. The van der Waals surface area contributed by atoms with Crippen molar-refractivity contribution in [3.8, 4) is 0 Å². The van der Waals surface area contributed by atoms with E-state index in [9.17, 15) is 14.3 Å². The predicted octanol–water partition coefficient (Wildman–Crippen LogP) is 2.48. The third-order valence-electron chi connectivity index (χ3n) is 3.78. The number of fused-ring (bicyclic) bond motifs is 1. The van der Waals surface area contributed by atoms with Crippen LogP contribution in [0.5, 0.6) is 0 Å². The summed E-state index contributed by atoms with van der Waals surface area (Å²) >= 11 is 0. The van der Waals surface area contributed by atoms with E-state index in [1.54, 1.807) is 11.8 Å². The molecule has 3 rings (SSSR count). The van der Waals surface area contributed by atoms with Crippen molar-refractivity contribution in [2.24, 2.45) is 0 Å². The Kier molecular flexibility index (Phi) is 3.22. The number of hydrogen-bond acceptors (Lipinski definition) is 3. The maximum atomic E-state index is 13.3. The number of benzene rings is 1. The summed E-state index contributed by atoms with van der Waals surface area (Å²) in [7, 11) is 0. The van der Waals surface area contributed by atoms with Crippen LogP contribution in [0.15, 0.2) is 22.6 Å². The largest absolute Gasteiger partial charge is 0.451 e. The Balaban J connectivity index is 1.97. The SMILES string of the molecule is Cc1c(C(=O)N2CCC[C@H](O)C2)oc2ccc(F)cc12. The van der Waals surface area contributed by atoms with E-state index >= 15 is 0 Å². The van der Waals surface area contributed by atoms with Crippen molar-refractivity contribution in [1.29, 1.82) is 0 Å². The zero-order chi connectivity index (χ0) is 14.3. The van der Waals surface area contributed by atoms with Crippen molar-refractivity contribution in [2.75, 3.05) is 13.1 Å². The molecule has 2 heterocycles. The van der Waals surface area contributed by atoms with Crippen LogP contribution < -0.4 is 0 Å². The Morgan fingerprint density at radius 3 is 3.05 bits per heavy atom. The van der Waals surface area contributed by atoms with Gasteiger partial charge in [0.2, 0.25) is 0 Å². The highest BCUT2D eigenvalue weighted by Gasteiger charge is 2.27. The molecule has 1 aromatic carbocycles. The van der Waals surface area contributed by atoms with Crippen molar-refractivity contribution < 1.29 is 18.7 Å². The number of amides is 1. The molecule has 5 heteroatoms. The summed E-state index contributed by atoms with van der Waals surface area (Å²) in [5.74, 6) is -0.355. The number of aliphatic hydroxyl groups excluding tert-OH is 1. The highest BCUT2D eigenvalue weighted by atomic mass is 19.1. The number of furan rings is 1. The molecule has 1 fully saturated rings. The fourth-order valence-corrected chi connectivity index (χ4v) is 2.68. The molecule has 1 N–H and O–H groups in total. The van der Waals surface area contributed by atoms with Crippen LogP contribution in [0.3, 0.4) is 0 Å². The second-order valence-corrected chi connectivity index (χ2v) is 5.24. The number of aliphatic hydroxyl groups is 1. The Hall–Kier alpha value is -1.88. The molecule has 2 aromatic rings. The lowest BCUT2D eigenvalue weighted by atomic mass is 10.1. The van der Waals surface area contributed by atoms with Gasteiger partial charge in [-0.25, -0.2) is 4.39 Å². The number of nitrogens with zero attached hydrogens (tertiary/aromatic N) is 1. The van der Waals surface area contributed by atoms with E-state index in [4.69, 9.17) is 4.42 Å². The number of β-amino-alcohol motifs (C(OH)–C–C–N with tert-alkyl or cyclic N) is 1. The maximum Gasteiger partial charge on any atom is 0.289 e. The number of carbonyl (C=O) groups is 1. The molecule has 1 saturated heterocycles. The first-order valence-corrected chi connectivity index (χ1v) is 6.72. The molecule has 0 bridgehead atoms. The van der Waals surface area contributed by atoms with Crippen LogP contribution in [0.4, 0.5) is 4.39 Å². The molecular formula is C15H16FNO3. The normalized spacial score (nSPS) is 19.6. The number of piperidine rings is 1. The van der Waals surface area contributed by atoms with E-state index < -0.39 is 6.10 Å². The highest BCUT2D eigenvalue weighted by Crippen LogP contribution is 2.27. The smallest absolute Gasteiger partial charge is 0.289 e. The molecule has 0 aliphatic carbocycles. The minimum absolute atomic E-state index is 0.236. The van der Waals surface area contributed by atoms with Crippen molar-refractivity contribution in [1.82, 2.24) is 4.90 Å². The monoisotopic (exact) mass is 277 g/mol. The van der Waals surface area contributed by atoms with Gasteiger partial charge in [0.1, 0.15) is 11.4 Å². The number of carbonyl (C=O) groups excluding carboxylic acids is 1. The first kappa shape index (κ1) is 13.1. The van der Waals surface area contributed by atoms with Gasteiger partial charge in [-0.05, 0) is 38.0 Å². The van der Waals surface area contributed by atoms with Gasteiger partial charge in [0.25, 0.3) is 5.91 Å². The van der Waals surface area contributed by atoms with Gasteiger partial charge in [-0.2, -0.15) is 0 Å². The number of halogens is 1. The van der Waals surface area contributed by atoms with E-state index in [0.717, 1.165) is 6.42 Å². The van der Waals surface area contributed by atoms with Crippen LogP contribution in [-0.4, -0.2) is 35.1 Å². The molecule has 1 aliphatic heterocycles. The van der Waals surface area contributed by atoms with Crippen molar-refractivity contribution in [3.05, 3.63) is 35.3 Å². The number of aryl methyl sites for hydroxylation is 1. The molecule has 1 atom stereocenters. The van der Waals surface area contributed by atoms with E-state index in [1.807, 2.05) is 0 Å². The summed E-state index contributed by atoms with van der Waals surface area (Å²) in [6.07, 6.45) is 1.02. The molecule has 0 unspecified atom stereocenters. The Bertz CT molecular complexity index is 664. The van der Waals surface area contributed by atoms with Gasteiger partial charge < -0.3 is 14.4 Å². The molecule has 0 saturated carbocycles. The molecule has 4 nitrogen and oxygen atoms in total. The van der Waals surface area contributed by atoms with E-state index in [1.165, 1.54) is 18.2 Å². The molecule has 1 aromatic heterocycles. The summed E-state index contributed by atoms with van der Waals surface area (Å²) in [5, 5.41) is 10.3. The standard InChI is InChI=1S/C15H16FNO3/c1-9-12-7-10(16)4-5-13(12)20-14(9)15(19)17-6-2-3-11(18)8-17/h4-5,7,11,18H,2-3,6,8H2,1H3/t11-/m0/s1. The average Bonchev–Trinajstić information content (AvgIpc) is 2.75. The van der Waals surface area contributed by atoms with Gasteiger partial charge in [-0.15, -0.1) is 0 Å². The first-order chi connectivity index (χ1) is 9.56. The summed E-state index contributed by atoms with van der Waals surface area (Å²) in [6.45, 7) is 2.68. The van der Waals surface area contributed by atoms with Gasteiger partial charge in [-0.1, -0.05) is 0 Å². The lowest BCUT2D eigenvalue weighted by Gasteiger charge is -2.29. The number of hydrogen-bond donors (Lipinski definition) is 1. The third kappa shape index (κ3) is 2.18. The average molecular weight is 277 g/mol. The van der Waals surface area contributed by atoms with Crippen molar-refractivity contribution in [3.63, 3.8) is 0 Å². The first-order valence-electron chi connectivity index (χ1n) is 6.72. The minimum Gasteiger partial charge on any atom is -0.451 e. The minimum atomic E-state index is -0.477. The summed E-state index contributed by atoms with van der Waals surface area (Å²) in [5.41, 5.74) is 1.15. The molecular weight excluding hydrogens is 261 g/mol. The highest BCUT2D eigenvalue weighted by molar-refractivity contribution is 5.99. The Morgan fingerprint density at radius 2 is 2.30 bits per heavy atom. The quantitative estimate of drug-likeness (QED) is 0.871. The topological polar surface area (TPSA) is 53.7 Å². The fourth-order valence-electron chi connectivity index (χ4n) is 2.68. The molecule has 20 heavy (non-hydrogen) atoms. The van der Waals surface area contributed by atoms with Crippen LogP contribution in [0.2, 0.25) is 0 Å². The van der Waals surface area contributed by atoms with Crippen LogP contribution in [0.25, 0.3) is 11.0 Å². The molecule has 1 aliphatic rings. The number of rotatable bonds is 1. The lowest BCUT2D eigenvalue weighted by Crippen LogP contribution is -2.42. The molecule has 0 spiro atoms. The summed E-state index contributed by atoms with van der Waals surface area (Å²) in [6, 6.07) is 4.21.